The average Bonchev–Trinajstić information content (AvgIpc) is 2.84. The van der Waals surface area contributed by atoms with Crippen molar-refractivity contribution in [2.75, 3.05) is 18.9 Å². The van der Waals surface area contributed by atoms with E-state index in [-0.39, 0.29) is 5.91 Å². The van der Waals surface area contributed by atoms with E-state index in [4.69, 9.17) is 0 Å². The molecule has 0 spiro atoms. The molecule has 0 bridgehead atoms. The highest BCUT2D eigenvalue weighted by Crippen LogP contribution is 2.21. The number of nitrogens with zero attached hydrogens (tertiary/aromatic N) is 3. The number of hydrogen-bond acceptors (Lipinski definition) is 5. The Balaban J connectivity index is 2.07. The number of rotatable bonds is 5. The van der Waals surface area contributed by atoms with Gasteiger partial charge in [0, 0.05) is 28.3 Å². The highest BCUT2D eigenvalue weighted by atomic mass is 79.9. The van der Waals surface area contributed by atoms with Gasteiger partial charge in [-0.1, -0.05) is 0 Å². The number of carbonyl (C=O) groups is 1. The van der Waals surface area contributed by atoms with Gasteiger partial charge < -0.3 is 10.2 Å². The maximum Gasteiger partial charge on any atom is 0.274 e. The van der Waals surface area contributed by atoms with E-state index in [2.05, 4.69) is 31.2 Å². The lowest BCUT2D eigenvalue weighted by Gasteiger charge is -2.15. The minimum absolute atomic E-state index is 0.137. The van der Waals surface area contributed by atoms with Gasteiger partial charge in [-0.05, 0) is 28.9 Å². The summed E-state index contributed by atoms with van der Waals surface area (Å²) in [6.07, 6.45) is 3.10. The van der Waals surface area contributed by atoms with E-state index in [0.717, 1.165) is 15.9 Å². The van der Waals surface area contributed by atoms with Crippen LogP contribution in [-0.2, 0) is 6.54 Å². The SMILES string of the molecule is CCNc1cncc(C(=O)N(C)Cc2cc(Br)cs2)n1. The van der Waals surface area contributed by atoms with Crippen molar-refractivity contribution in [3.63, 3.8) is 0 Å². The number of anilines is 1. The first kappa shape index (κ1) is 14.9. The Bertz CT molecular complexity index is 602. The predicted octanol–water partition coefficient (Wildman–Crippen LogP) is 3.00. The molecule has 0 aliphatic rings. The number of nitrogens with one attached hydrogen (secondary N) is 1. The van der Waals surface area contributed by atoms with E-state index in [1.165, 1.54) is 6.20 Å². The molecule has 5 nitrogen and oxygen atoms in total. The molecule has 2 aromatic rings. The molecule has 0 unspecified atom stereocenters. The summed E-state index contributed by atoms with van der Waals surface area (Å²) in [5.74, 6) is 0.479. The minimum Gasteiger partial charge on any atom is -0.369 e. The van der Waals surface area contributed by atoms with Crippen molar-refractivity contribution >= 4 is 39.0 Å². The van der Waals surface area contributed by atoms with Gasteiger partial charge in [0.15, 0.2) is 0 Å². The Morgan fingerprint density at radius 2 is 2.30 bits per heavy atom. The highest BCUT2D eigenvalue weighted by molar-refractivity contribution is 9.10. The van der Waals surface area contributed by atoms with Crippen molar-refractivity contribution in [3.05, 3.63) is 38.9 Å². The molecular weight excluding hydrogens is 340 g/mol. The van der Waals surface area contributed by atoms with Gasteiger partial charge in [-0.2, -0.15) is 0 Å². The van der Waals surface area contributed by atoms with Crippen LogP contribution in [0.15, 0.2) is 28.3 Å². The van der Waals surface area contributed by atoms with Crippen LogP contribution in [-0.4, -0.2) is 34.4 Å². The second kappa shape index (κ2) is 6.81. The van der Waals surface area contributed by atoms with Crippen LogP contribution in [0.1, 0.15) is 22.3 Å². The number of halogens is 1. The lowest BCUT2D eigenvalue weighted by atomic mass is 10.3. The second-order valence-electron chi connectivity index (χ2n) is 4.21. The van der Waals surface area contributed by atoms with Crippen LogP contribution in [0, 0.1) is 0 Å². The molecule has 1 amide bonds. The summed E-state index contributed by atoms with van der Waals surface area (Å²) in [5.41, 5.74) is 0.349. The van der Waals surface area contributed by atoms with Crippen molar-refractivity contribution in [3.8, 4) is 0 Å². The number of thiophene rings is 1. The summed E-state index contributed by atoms with van der Waals surface area (Å²) >= 11 is 5.02. The topological polar surface area (TPSA) is 58.1 Å². The maximum absolute atomic E-state index is 12.3. The third-order valence-corrected chi connectivity index (χ3v) is 4.26. The van der Waals surface area contributed by atoms with Crippen LogP contribution in [0.4, 0.5) is 5.82 Å². The van der Waals surface area contributed by atoms with Crippen molar-refractivity contribution in [2.45, 2.75) is 13.5 Å². The van der Waals surface area contributed by atoms with E-state index in [1.54, 1.807) is 29.5 Å². The Morgan fingerprint density at radius 3 is 2.95 bits per heavy atom. The van der Waals surface area contributed by atoms with Crippen molar-refractivity contribution in [1.29, 1.82) is 0 Å². The minimum atomic E-state index is -0.137. The number of aromatic nitrogens is 2. The molecule has 2 rings (SSSR count). The molecule has 2 heterocycles. The second-order valence-corrected chi connectivity index (χ2v) is 6.12. The molecule has 0 atom stereocenters. The summed E-state index contributed by atoms with van der Waals surface area (Å²) < 4.78 is 1.03. The van der Waals surface area contributed by atoms with Crippen LogP contribution in [0.2, 0.25) is 0 Å². The van der Waals surface area contributed by atoms with Crippen molar-refractivity contribution in [1.82, 2.24) is 14.9 Å². The molecule has 1 N–H and O–H groups in total. The van der Waals surface area contributed by atoms with Crippen LogP contribution in [0.25, 0.3) is 0 Å². The highest BCUT2D eigenvalue weighted by Gasteiger charge is 2.15. The maximum atomic E-state index is 12.3. The van der Waals surface area contributed by atoms with Gasteiger partial charge >= 0.3 is 0 Å². The first-order valence-corrected chi connectivity index (χ1v) is 7.81. The number of hydrogen-bond donors (Lipinski definition) is 1. The third-order valence-electron chi connectivity index (χ3n) is 2.57. The van der Waals surface area contributed by atoms with Gasteiger partial charge in [0.05, 0.1) is 18.9 Å². The van der Waals surface area contributed by atoms with Gasteiger partial charge in [-0.15, -0.1) is 11.3 Å². The molecule has 0 fully saturated rings. The van der Waals surface area contributed by atoms with E-state index in [9.17, 15) is 4.79 Å². The molecule has 20 heavy (non-hydrogen) atoms. The molecule has 7 heteroatoms. The van der Waals surface area contributed by atoms with Crippen molar-refractivity contribution < 1.29 is 4.79 Å². The summed E-state index contributed by atoms with van der Waals surface area (Å²) in [6, 6.07) is 2.01. The number of amides is 1. The lowest BCUT2D eigenvalue weighted by Crippen LogP contribution is -2.27. The smallest absolute Gasteiger partial charge is 0.274 e. The molecular formula is C13H15BrN4OS. The molecule has 0 saturated carbocycles. The molecule has 2 aromatic heterocycles. The zero-order chi connectivity index (χ0) is 14.5. The monoisotopic (exact) mass is 354 g/mol. The Kier molecular flexibility index (Phi) is 5.08. The third kappa shape index (κ3) is 3.77. The largest absolute Gasteiger partial charge is 0.369 e. The molecule has 0 radical (unpaired) electrons. The standard InChI is InChI=1S/C13H15BrN4OS/c1-3-16-12-6-15-5-11(17-12)13(19)18(2)7-10-4-9(14)8-20-10/h4-6,8H,3,7H2,1-2H3,(H,16,17). The summed E-state index contributed by atoms with van der Waals surface area (Å²) in [7, 11) is 1.76. The van der Waals surface area contributed by atoms with Gasteiger partial charge in [0.1, 0.15) is 11.5 Å². The average molecular weight is 355 g/mol. The molecule has 0 aromatic carbocycles. The van der Waals surface area contributed by atoms with Crippen molar-refractivity contribution in [2.24, 2.45) is 0 Å². The van der Waals surface area contributed by atoms with Crippen LogP contribution in [0.5, 0.6) is 0 Å². The van der Waals surface area contributed by atoms with Crippen LogP contribution < -0.4 is 5.32 Å². The molecule has 0 saturated heterocycles. The van der Waals surface area contributed by atoms with Crippen LogP contribution in [0.3, 0.4) is 0 Å². The van der Waals surface area contributed by atoms with Crippen LogP contribution >= 0.6 is 27.3 Å². The molecule has 106 valence electrons. The number of carbonyl (C=O) groups excluding carboxylic acids is 1. The fourth-order valence-electron chi connectivity index (χ4n) is 1.67. The normalized spacial score (nSPS) is 10.3. The van der Waals surface area contributed by atoms with E-state index in [0.29, 0.717) is 18.1 Å². The fraction of sp³-hybridized carbons (Fsp3) is 0.308. The zero-order valence-electron chi connectivity index (χ0n) is 11.3. The Morgan fingerprint density at radius 1 is 1.50 bits per heavy atom. The summed E-state index contributed by atoms with van der Waals surface area (Å²) in [6.45, 7) is 3.27. The first-order chi connectivity index (χ1) is 9.60. The lowest BCUT2D eigenvalue weighted by molar-refractivity contribution is 0.0780. The van der Waals surface area contributed by atoms with E-state index < -0.39 is 0 Å². The van der Waals surface area contributed by atoms with E-state index in [1.807, 2.05) is 18.4 Å². The quantitative estimate of drug-likeness (QED) is 0.896. The van der Waals surface area contributed by atoms with E-state index >= 15 is 0 Å². The summed E-state index contributed by atoms with van der Waals surface area (Å²) in [5, 5.41) is 5.05. The van der Waals surface area contributed by atoms with Gasteiger partial charge in [0.25, 0.3) is 5.91 Å². The van der Waals surface area contributed by atoms with Gasteiger partial charge in [-0.25, -0.2) is 4.98 Å². The molecule has 0 aliphatic heterocycles. The molecule has 0 aliphatic carbocycles. The first-order valence-electron chi connectivity index (χ1n) is 6.14. The predicted molar refractivity (Wildman–Crippen MR) is 84.0 cm³/mol. The van der Waals surface area contributed by atoms with Gasteiger partial charge in [-0.3, -0.25) is 9.78 Å². The Labute approximate surface area is 130 Å². The van der Waals surface area contributed by atoms with Gasteiger partial charge in [0.2, 0.25) is 0 Å². The fourth-order valence-corrected chi connectivity index (χ4v) is 3.18. The Hall–Kier alpha value is -1.47. The zero-order valence-corrected chi connectivity index (χ0v) is 13.7. The summed E-state index contributed by atoms with van der Waals surface area (Å²) in [4.78, 5) is 23.4.